The Kier molecular flexibility index (Phi) is 4.57. The fourth-order valence-electron chi connectivity index (χ4n) is 2.96. The van der Waals surface area contributed by atoms with E-state index in [2.05, 4.69) is 11.0 Å². The molecule has 1 atom stereocenters. The standard InChI is InChI=1S/C18H22N4O/c1-14-16(18(19)15-5-3-2-4-6-15)7-8-17(20-14)22-11-9-21(13-23)10-12-22/h2-8,13,18H,9-12,19H2,1H3/t18-/m1/s1. The molecule has 0 unspecified atom stereocenters. The summed E-state index contributed by atoms with van der Waals surface area (Å²) in [4.78, 5) is 19.5. The van der Waals surface area contributed by atoms with Crippen LogP contribution in [0.15, 0.2) is 42.5 Å². The first-order chi connectivity index (χ1) is 11.2. The Morgan fingerprint density at radius 3 is 2.39 bits per heavy atom. The summed E-state index contributed by atoms with van der Waals surface area (Å²) in [6.45, 7) is 5.12. The lowest BCUT2D eigenvalue weighted by molar-refractivity contribution is -0.118. The Labute approximate surface area is 136 Å². The van der Waals surface area contributed by atoms with Crippen LogP contribution in [0, 0.1) is 6.92 Å². The fraction of sp³-hybridized carbons (Fsp3) is 0.333. The van der Waals surface area contributed by atoms with E-state index in [0.29, 0.717) is 0 Å². The number of pyridine rings is 1. The molecule has 0 saturated carbocycles. The van der Waals surface area contributed by atoms with E-state index in [0.717, 1.165) is 55.2 Å². The topological polar surface area (TPSA) is 62.5 Å². The number of benzene rings is 1. The van der Waals surface area contributed by atoms with Crippen LogP contribution in [-0.4, -0.2) is 42.5 Å². The second-order valence-corrected chi connectivity index (χ2v) is 5.86. The molecule has 1 amide bonds. The number of rotatable bonds is 4. The van der Waals surface area contributed by atoms with E-state index in [1.807, 2.05) is 43.3 Å². The third-order valence-corrected chi connectivity index (χ3v) is 4.39. The molecular weight excluding hydrogens is 288 g/mol. The molecule has 2 N–H and O–H groups in total. The van der Waals surface area contributed by atoms with Gasteiger partial charge in [-0.3, -0.25) is 4.79 Å². The number of aromatic nitrogens is 1. The fourth-order valence-corrected chi connectivity index (χ4v) is 2.96. The summed E-state index contributed by atoms with van der Waals surface area (Å²) < 4.78 is 0. The van der Waals surface area contributed by atoms with Crippen molar-refractivity contribution in [1.29, 1.82) is 0 Å². The van der Waals surface area contributed by atoms with Crippen molar-refractivity contribution in [3.63, 3.8) is 0 Å². The second-order valence-electron chi connectivity index (χ2n) is 5.86. The maximum Gasteiger partial charge on any atom is 0.209 e. The van der Waals surface area contributed by atoms with Crippen molar-refractivity contribution in [3.8, 4) is 0 Å². The van der Waals surface area contributed by atoms with Crippen molar-refractivity contribution < 1.29 is 4.79 Å². The SMILES string of the molecule is Cc1nc(N2CCN(C=O)CC2)ccc1[C@H](N)c1ccccc1. The van der Waals surface area contributed by atoms with Crippen molar-refractivity contribution in [2.24, 2.45) is 5.73 Å². The Balaban J connectivity index is 1.77. The molecule has 0 radical (unpaired) electrons. The smallest absolute Gasteiger partial charge is 0.209 e. The van der Waals surface area contributed by atoms with Crippen LogP contribution in [0.2, 0.25) is 0 Å². The van der Waals surface area contributed by atoms with Crippen molar-refractivity contribution in [2.45, 2.75) is 13.0 Å². The van der Waals surface area contributed by atoms with E-state index in [-0.39, 0.29) is 6.04 Å². The summed E-state index contributed by atoms with van der Waals surface area (Å²) in [6.07, 6.45) is 0.915. The Morgan fingerprint density at radius 1 is 1.09 bits per heavy atom. The highest BCUT2D eigenvalue weighted by molar-refractivity contribution is 5.50. The zero-order valence-corrected chi connectivity index (χ0v) is 13.4. The van der Waals surface area contributed by atoms with E-state index in [4.69, 9.17) is 10.7 Å². The quantitative estimate of drug-likeness (QED) is 0.874. The molecule has 1 fully saturated rings. The van der Waals surface area contributed by atoms with Gasteiger partial charge in [-0.15, -0.1) is 0 Å². The third kappa shape index (κ3) is 3.35. The number of hydrogen-bond donors (Lipinski definition) is 1. The average molecular weight is 310 g/mol. The number of nitrogens with two attached hydrogens (primary N) is 1. The van der Waals surface area contributed by atoms with Crippen molar-refractivity contribution in [1.82, 2.24) is 9.88 Å². The first kappa shape index (κ1) is 15.5. The van der Waals surface area contributed by atoms with E-state index < -0.39 is 0 Å². The molecule has 5 heteroatoms. The summed E-state index contributed by atoms with van der Waals surface area (Å²) in [5, 5.41) is 0. The summed E-state index contributed by atoms with van der Waals surface area (Å²) in [7, 11) is 0. The maximum atomic E-state index is 10.8. The molecule has 2 heterocycles. The highest BCUT2D eigenvalue weighted by atomic mass is 16.1. The Bertz CT molecular complexity index is 666. The van der Waals surface area contributed by atoms with Gasteiger partial charge in [0, 0.05) is 31.9 Å². The summed E-state index contributed by atoms with van der Waals surface area (Å²) >= 11 is 0. The van der Waals surface area contributed by atoms with Crippen LogP contribution in [-0.2, 0) is 4.79 Å². The van der Waals surface area contributed by atoms with E-state index in [9.17, 15) is 4.79 Å². The van der Waals surface area contributed by atoms with Gasteiger partial charge in [0.25, 0.3) is 0 Å². The van der Waals surface area contributed by atoms with Crippen molar-refractivity contribution in [3.05, 3.63) is 59.3 Å². The van der Waals surface area contributed by atoms with Gasteiger partial charge in [0.2, 0.25) is 6.41 Å². The molecule has 1 aromatic carbocycles. The monoisotopic (exact) mass is 310 g/mol. The largest absolute Gasteiger partial charge is 0.353 e. The van der Waals surface area contributed by atoms with E-state index in [1.54, 1.807) is 4.90 Å². The molecular formula is C18H22N4O. The predicted molar refractivity (Wildman–Crippen MR) is 91.3 cm³/mol. The van der Waals surface area contributed by atoms with Crippen LogP contribution in [0.5, 0.6) is 0 Å². The molecule has 1 aromatic heterocycles. The van der Waals surface area contributed by atoms with Gasteiger partial charge < -0.3 is 15.5 Å². The maximum absolute atomic E-state index is 10.8. The van der Waals surface area contributed by atoms with Crippen LogP contribution in [0.3, 0.4) is 0 Å². The lowest BCUT2D eigenvalue weighted by Gasteiger charge is -2.33. The number of anilines is 1. The van der Waals surface area contributed by atoms with E-state index in [1.165, 1.54) is 0 Å². The van der Waals surface area contributed by atoms with Crippen LogP contribution < -0.4 is 10.6 Å². The minimum atomic E-state index is -0.162. The first-order valence-electron chi connectivity index (χ1n) is 7.91. The number of hydrogen-bond acceptors (Lipinski definition) is 4. The van der Waals surface area contributed by atoms with Crippen LogP contribution in [0.25, 0.3) is 0 Å². The zero-order valence-electron chi connectivity index (χ0n) is 13.4. The predicted octanol–water partition coefficient (Wildman–Crippen LogP) is 1.72. The van der Waals surface area contributed by atoms with Gasteiger partial charge in [0.05, 0.1) is 6.04 Å². The minimum Gasteiger partial charge on any atom is -0.353 e. The number of amides is 1. The number of carbonyl (C=O) groups excluding carboxylic acids is 1. The molecule has 1 saturated heterocycles. The molecule has 0 aliphatic carbocycles. The second kappa shape index (κ2) is 6.79. The van der Waals surface area contributed by atoms with Gasteiger partial charge >= 0.3 is 0 Å². The third-order valence-electron chi connectivity index (χ3n) is 4.39. The molecule has 23 heavy (non-hydrogen) atoms. The van der Waals surface area contributed by atoms with Crippen LogP contribution in [0.1, 0.15) is 22.9 Å². The number of carbonyl (C=O) groups is 1. The van der Waals surface area contributed by atoms with Gasteiger partial charge in [0.1, 0.15) is 5.82 Å². The minimum absolute atomic E-state index is 0.162. The van der Waals surface area contributed by atoms with Crippen LogP contribution in [0.4, 0.5) is 5.82 Å². The van der Waals surface area contributed by atoms with Gasteiger partial charge in [-0.2, -0.15) is 0 Å². The average Bonchev–Trinajstić information content (AvgIpc) is 2.62. The Hall–Kier alpha value is -2.40. The number of piperazine rings is 1. The van der Waals surface area contributed by atoms with Gasteiger partial charge in [-0.25, -0.2) is 4.98 Å². The van der Waals surface area contributed by atoms with E-state index >= 15 is 0 Å². The molecule has 0 spiro atoms. The normalized spacial score (nSPS) is 16.3. The highest BCUT2D eigenvalue weighted by Crippen LogP contribution is 2.24. The van der Waals surface area contributed by atoms with Gasteiger partial charge in [-0.1, -0.05) is 36.4 Å². The lowest BCUT2D eigenvalue weighted by atomic mass is 9.98. The van der Waals surface area contributed by atoms with Crippen molar-refractivity contribution in [2.75, 3.05) is 31.1 Å². The molecule has 2 aromatic rings. The van der Waals surface area contributed by atoms with Crippen LogP contribution >= 0.6 is 0 Å². The van der Waals surface area contributed by atoms with Gasteiger partial charge in [0.15, 0.2) is 0 Å². The molecule has 120 valence electrons. The molecule has 1 aliphatic heterocycles. The molecule has 5 nitrogen and oxygen atoms in total. The Morgan fingerprint density at radius 2 is 1.78 bits per heavy atom. The highest BCUT2D eigenvalue weighted by Gasteiger charge is 2.18. The number of aryl methyl sites for hydroxylation is 1. The summed E-state index contributed by atoms with van der Waals surface area (Å²) in [5.74, 6) is 0.956. The molecule has 0 bridgehead atoms. The van der Waals surface area contributed by atoms with Gasteiger partial charge in [-0.05, 0) is 24.1 Å². The zero-order chi connectivity index (χ0) is 16.2. The first-order valence-corrected chi connectivity index (χ1v) is 7.91. The summed E-state index contributed by atoms with van der Waals surface area (Å²) in [5.41, 5.74) is 9.47. The number of nitrogens with zero attached hydrogens (tertiary/aromatic N) is 3. The summed E-state index contributed by atoms with van der Waals surface area (Å²) in [6, 6.07) is 14.0. The van der Waals surface area contributed by atoms with Crippen molar-refractivity contribution >= 4 is 12.2 Å². The molecule has 3 rings (SSSR count). The lowest BCUT2D eigenvalue weighted by Crippen LogP contribution is -2.46. The molecule has 1 aliphatic rings.